The van der Waals surface area contributed by atoms with Crippen LogP contribution >= 0.6 is 0 Å². The number of pyridine rings is 1. The Balaban J connectivity index is 2.90. The van der Waals surface area contributed by atoms with E-state index < -0.39 is 0 Å². The first kappa shape index (κ1) is 13.9. The lowest BCUT2D eigenvalue weighted by Gasteiger charge is -2.22. The Hall–Kier alpha value is -1.16. The SMILES string of the molecule is CCCCN(CC)c1nccc(CNC)c1F. The van der Waals surface area contributed by atoms with Gasteiger partial charge < -0.3 is 10.2 Å². The lowest BCUT2D eigenvalue weighted by Crippen LogP contribution is -2.26. The van der Waals surface area contributed by atoms with Crippen LogP contribution in [0.25, 0.3) is 0 Å². The summed E-state index contributed by atoms with van der Waals surface area (Å²) in [6.45, 7) is 6.34. The van der Waals surface area contributed by atoms with Gasteiger partial charge in [0.1, 0.15) is 0 Å². The molecule has 0 saturated carbocycles. The molecular weight excluding hydrogens is 217 g/mol. The summed E-state index contributed by atoms with van der Waals surface area (Å²) in [5.74, 6) is 0.286. The van der Waals surface area contributed by atoms with Crippen molar-refractivity contribution < 1.29 is 4.39 Å². The molecule has 1 aromatic rings. The number of unbranched alkanes of at least 4 members (excludes halogenated alkanes) is 1. The molecule has 0 fully saturated rings. The molecule has 3 nitrogen and oxygen atoms in total. The summed E-state index contributed by atoms with van der Waals surface area (Å²) in [5, 5.41) is 2.97. The van der Waals surface area contributed by atoms with Gasteiger partial charge in [0.2, 0.25) is 0 Å². The molecule has 1 aromatic heterocycles. The average molecular weight is 239 g/mol. The number of rotatable bonds is 7. The van der Waals surface area contributed by atoms with E-state index >= 15 is 0 Å². The molecule has 96 valence electrons. The average Bonchev–Trinajstić information content (AvgIpc) is 2.34. The zero-order valence-corrected chi connectivity index (χ0v) is 11.0. The Morgan fingerprint density at radius 2 is 2.18 bits per heavy atom. The third-order valence-electron chi connectivity index (χ3n) is 2.78. The fourth-order valence-electron chi connectivity index (χ4n) is 1.78. The predicted octanol–water partition coefficient (Wildman–Crippen LogP) is 2.57. The van der Waals surface area contributed by atoms with Gasteiger partial charge in [-0.1, -0.05) is 13.3 Å². The normalized spacial score (nSPS) is 10.6. The summed E-state index contributed by atoms with van der Waals surface area (Å²) in [7, 11) is 1.81. The summed E-state index contributed by atoms with van der Waals surface area (Å²) in [6, 6.07) is 1.73. The van der Waals surface area contributed by atoms with E-state index in [0.717, 1.165) is 25.9 Å². The van der Waals surface area contributed by atoms with Crippen LogP contribution in [-0.2, 0) is 6.54 Å². The largest absolute Gasteiger partial charge is 0.354 e. The molecule has 0 spiro atoms. The maximum atomic E-state index is 14.2. The molecule has 0 aliphatic heterocycles. The van der Waals surface area contributed by atoms with Crippen molar-refractivity contribution in [2.24, 2.45) is 0 Å². The number of anilines is 1. The Bertz CT molecular complexity index is 341. The molecule has 1 heterocycles. The molecule has 0 aliphatic carbocycles. The third-order valence-corrected chi connectivity index (χ3v) is 2.78. The van der Waals surface area contributed by atoms with Crippen LogP contribution in [0.3, 0.4) is 0 Å². The van der Waals surface area contributed by atoms with Crippen LogP contribution in [0.5, 0.6) is 0 Å². The van der Waals surface area contributed by atoms with Gasteiger partial charge in [-0.3, -0.25) is 0 Å². The van der Waals surface area contributed by atoms with E-state index in [1.54, 1.807) is 12.3 Å². The quantitative estimate of drug-likeness (QED) is 0.792. The summed E-state index contributed by atoms with van der Waals surface area (Å²) in [6.07, 6.45) is 3.85. The predicted molar refractivity (Wildman–Crippen MR) is 69.8 cm³/mol. The van der Waals surface area contributed by atoms with Gasteiger partial charge in [-0.05, 0) is 26.5 Å². The van der Waals surface area contributed by atoms with E-state index in [2.05, 4.69) is 17.2 Å². The minimum Gasteiger partial charge on any atom is -0.354 e. The monoisotopic (exact) mass is 239 g/mol. The number of aromatic nitrogens is 1. The van der Waals surface area contributed by atoms with Crippen molar-refractivity contribution in [1.82, 2.24) is 10.3 Å². The number of hydrogen-bond acceptors (Lipinski definition) is 3. The molecule has 0 atom stereocenters. The lowest BCUT2D eigenvalue weighted by molar-refractivity contribution is 0.582. The zero-order chi connectivity index (χ0) is 12.7. The molecule has 1 rings (SSSR count). The molecule has 4 heteroatoms. The van der Waals surface area contributed by atoms with Gasteiger partial charge in [0.15, 0.2) is 11.6 Å². The molecule has 0 aromatic carbocycles. The van der Waals surface area contributed by atoms with Gasteiger partial charge >= 0.3 is 0 Å². The molecule has 0 unspecified atom stereocenters. The summed E-state index contributed by atoms with van der Waals surface area (Å²) < 4.78 is 14.2. The molecular formula is C13H22FN3. The van der Waals surface area contributed by atoms with Crippen molar-refractivity contribution in [2.45, 2.75) is 33.2 Å². The molecule has 0 aliphatic rings. The van der Waals surface area contributed by atoms with Crippen molar-refractivity contribution in [3.8, 4) is 0 Å². The highest BCUT2D eigenvalue weighted by Gasteiger charge is 2.14. The van der Waals surface area contributed by atoms with E-state index in [4.69, 9.17) is 0 Å². The fraction of sp³-hybridized carbons (Fsp3) is 0.615. The maximum Gasteiger partial charge on any atom is 0.170 e. The Labute approximate surface area is 103 Å². The molecule has 17 heavy (non-hydrogen) atoms. The lowest BCUT2D eigenvalue weighted by atomic mass is 10.2. The smallest absolute Gasteiger partial charge is 0.170 e. The first-order chi connectivity index (χ1) is 8.24. The van der Waals surface area contributed by atoms with Crippen LogP contribution in [0.15, 0.2) is 12.3 Å². The van der Waals surface area contributed by atoms with Crippen LogP contribution < -0.4 is 10.2 Å². The highest BCUT2D eigenvalue weighted by molar-refractivity contribution is 5.42. The van der Waals surface area contributed by atoms with Gasteiger partial charge in [-0.25, -0.2) is 9.37 Å². The van der Waals surface area contributed by atoms with Crippen molar-refractivity contribution in [3.63, 3.8) is 0 Å². The van der Waals surface area contributed by atoms with Gasteiger partial charge in [0, 0.05) is 31.4 Å². The van der Waals surface area contributed by atoms with Crippen LogP contribution in [0.2, 0.25) is 0 Å². The molecule has 1 N–H and O–H groups in total. The van der Waals surface area contributed by atoms with E-state index in [0.29, 0.717) is 17.9 Å². The van der Waals surface area contributed by atoms with Crippen molar-refractivity contribution in [3.05, 3.63) is 23.6 Å². The third kappa shape index (κ3) is 3.66. The summed E-state index contributed by atoms with van der Waals surface area (Å²) in [5.41, 5.74) is 0.674. The highest BCUT2D eigenvalue weighted by Crippen LogP contribution is 2.19. The van der Waals surface area contributed by atoms with Crippen LogP contribution in [0.1, 0.15) is 32.3 Å². The van der Waals surface area contributed by atoms with Crippen LogP contribution in [-0.4, -0.2) is 25.1 Å². The number of hydrogen-bond donors (Lipinski definition) is 1. The standard InChI is InChI=1S/C13H22FN3/c1-4-6-9-17(5-2)13-12(14)11(10-15-3)7-8-16-13/h7-8,15H,4-6,9-10H2,1-3H3. The zero-order valence-electron chi connectivity index (χ0n) is 11.0. The second kappa shape index (κ2) is 7.22. The van der Waals surface area contributed by atoms with E-state index in [1.807, 2.05) is 18.9 Å². The maximum absolute atomic E-state index is 14.2. The summed E-state index contributed by atoms with van der Waals surface area (Å²) >= 11 is 0. The van der Waals surface area contributed by atoms with Crippen LogP contribution in [0.4, 0.5) is 10.2 Å². The molecule has 0 bridgehead atoms. The van der Waals surface area contributed by atoms with E-state index in [-0.39, 0.29) is 5.82 Å². The molecule has 0 radical (unpaired) electrons. The highest BCUT2D eigenvalue weighted by atomic mass is 19.1. The van der Waals surface area contributed by atoms with Gasteiger partial charge in [0.25, 0.3) is 0 Å². The van der Waals surface area contributed by atoms with E-state index in [1.165, 1.54) is 0 Å². The Morgan fingerprint density at radius 1 is 1.41 bits per heavy atom. The minimum absolute atomic E-state index is 0.195. The van der Waals surface area contributed by atoms with Crippen molar-refractivity contribution in [2.75, 3.05) is 25.0 Å². The first-order valence-electron chi connectivity index (χ1n) is 6.27. The Morgan fingerprint density at radius 3 is 2.76 bits per heavy atom. The number of nitrogens with zero attached hydrogens (tertiary/aromatic N) is 2. The second-order valence-corrected chi connectivity index (χ2v) is 4.07. The van der Waals surface area contributed by atoms with Crippen LogP contribution in [0, 0.1) is 5.82 Å². The number of nitrogens with one attached hydrogen (secondary N) is 1. The van der Waals surface area contributed by atoms with Crippen molar-refractivity contribution in [1.29, 1.82) is 0 Å². The number of halogens is 1. The van der Waals surface area contributed by atoms with Gasteiger partial charge in [0.05, 0.1) is 0 Å². The second-order valence-electron chi connectivity index (χ2n) is 4.07. The minimum atomic E-state index is -0.195. The fourth-order valence-corrected chi connectivity index (χ4v) is 1.78. The first-order valence-corrected chi connectivity index (χ1v) is 6.27. The van der Waals surface area contributed by atoms with Gasteiger partial charge in [-0.2, -0.15) is 0 Å². The molecule has 0 amide bonds. The van der Waals surface area contributed by atoms with E-state index in [9.17, 15) is 4.39 Å². The Kier molecular flexibility index (Phi) is 5.91. The van der Waals surface area contributed by atoms with Crippen molar-refractivity contribution >= 4 is 5.82 Å². The van der Waals surface area contributed by atoms with Gasteiger partial charge in [-0.15, -0.1) is 0 Å². The molecule has 0 saturated heterocycles. The topological polar surface area (TPSA) is 28.2 Å². The summed E-state index contributed by atoms with van der Waals surface area (Å²) in [4.78, 5) is 6.17.